The largest absolute Gasteiger partial charge is 0.414 e. The van der Waals surface area contributed by atoms with Gasteiger partial charge in [-0.1, -0.05) is 19.8 Å². The summed E-state index contributed by atoms with van der Waals surface area (Å²) in [6.07, 6.45) is 2.14. The van der Waals surface area contributed by atoms with Crippen LogP contribution in [-0.4, -0.2) is 30.5 Å². The molecule has 2 rings (SSSR count). The fourth-order valence-electron chi connectivity index (χ4n) is 3.30. The van der Waals surface area contributed by atoms with Crippen LogP contribution in [0.4, 0.5) is 13.2 Å². The summed E-state index contributed by atoms with van der Waals surface area (Å²) >= 11 is 0. The smallest absolute Gasteiger partial charge is 0.361 e. The Hall–Kier alpha value is -0.290. The first-order valence-electron chi connectivity index (χ1n) is 8.32. The average molecular weight is 307 g/mol. The van der Waals surface area contributed by atoms with Crippen LogP contribution < -0.4 is 5.32 Å². The molecule has 2 fully saturated rings. The van der Waals surface area contributed by atoms with Crippen molar-refractivity contribution in [2.45, 2.75) is 89.1 Å². The third-order valence-electron chi connectivity index (χ3n) is 4.89. The lowest BCUT2D eigenvalue weighted by atomic mass is 9.77. The van der Waals surface area contributed by atoms with Gasteiger partial charge in [0.05, 0.1) is 5.60 Å². The first-order chi connectivity index (χ1) is 9.85. The molecule has 2 aliphatic carbocycles. The fourth-order valence-corrected chi connectivity index (χ4v) is 3.30. The fraction of sp³-hybridized carbons (Fsp3) is 1.00. The second-order valence-electron chi connectivity index (χ2n) is 6.87. The topological polar surface area (TPSA) is 21.3 Å². The molecule has 0 saturated heterocycles. The van der Waals surface area contributed by atoms with Gasteiger partial charge in [0.15, 0.2) is 6.10 Å². The van der Waals surface area contributed by atoms with E-state index in [1.54, 1.807) is 0 Å². The molecule has 124 valence electrons. The Balaban J connectivity index is 1.94. The quantitative estimate of drug-likeness (QED) is 0.751. The molecule has 0 aromatic carbocycles. The Morgan fingerprint density at radius 3 is 2.29 bits per heavy atom. The number of alkyl halides is 3. The van der Waals surface area contributed by atoms with Gasteiger partial charge in [0, 0.05) is 12.6 Å². The zero-order valence-corrected chi connectivity index (χ0v) is 13.1. The van der Waals surface area contributed by atoms with Crippen molar-refractivity contribution in [3.05, 3.63) is 0 Å². The lowest BCUT2D eigenvalue weighted by Crippen LogP contribution is -2.50. The van der Waals surface area contributed by atoms with Gasteiger partial charge < -0.3 is 10.1 Å². The average Bonchev–Trinajstić information content (AvgIpc) is 3.22. The van der Waals surface area contributed by atoms with Crippen molar-refractivity contribution in [1.29, 1.82) is 0 Å². The molecule has 0 aliphatic heterocycles. The zero-order valence-electron chi connectivity index (χ0n) is 13.1. The highest BCUT2D eigenvalue weighted by Gasteiger charge is 2.45. The highest BCUT2D eigenvalue weighted by molar-refractivity contribution is 4.93. The molecule has 2 aliphatic rings. The van der Waals surface area contributed by atoms with Gasteiger partial charge >= 0.3 is 6.18 Å². The second kappa shape index (κ2) is 6.86. The molecule has 21 heavy (non-hydrogen) atoms. The van der Waals surface area contributed by atoms with Gasteiger partial charge in [0.1, 0.15) is 0 Å². The standard InChI is InChI=1S/C16H28F3NO/c1-3-4-13-7-9-15(10-8-13,11-20-14-5-6-14)21-12(2)16(17,18)19/h12-14,20H,3-11H2,1-2H3. The van der Waals surface area contributed by atoms with Gasteiger partial charge in [-0.15, -0.1) is 0 Å². The van der Waals surface area contributed by atoms with E-state index in [4.69, 9.17) is 4.74 Å². The summed E-state index contributed by atoms with van der Waals surface area (Å²) in [7, 11) is 0. The molecule has 0 aromatic heterocycles. The second-order valence-corrected chi connectivity index (χ2v) is 6.87. The zero-order chi connectivity index (χ0) is 15.5. The maximum Gasteiger partial charge on any atom is 0.414 e. The maximum atomic E-state index is 12.8. The lowest BCUT2D eigenvalue weighted by molar-refractivity contribution is -0.252. The van der Waals surface area contributed by atoms with E-state index in [-0.39, 0.29) is 0 Å². The molecule has 0 radical (unpaired) electrons. The summed E-state index contributed by atoms with van der Waals surface area (Å²) in [6, 6.07) is 0.500. The molecule has 2 saturated carbocycles. The van der Waals surface area contributed by atoms with Crippen molar-refractivity contribution < 1.29 is 17.9 Å². The minimum Gasteiger partial charge on any atom is -0.361 e. The Kier molecular flexibility index (Phi) is 5.58. The first-order valence-corrected chi connectivity index (χ1v) is 8.32. The Morgan fingerprint density at radius 2 is 1.81 bits per heavy atom. The molecule has 1 N–H and O–H groups in total. The summed E-state index contributed by atoms with van der Waals surface area (Å²) in [5.74, 6) is 0.661. The molecule has 2 nitrogen and oxygen atoms in total. The van der Waals surface area contributed by atoms with Gasteiger partial charge in [0.2, 0.25) is 0 Å². The van der Waals surface area contributed by atoms with E-state index in [0.717, 1.165) is 51.9 Å². The van der Waals surface area contributed by atoms with Gasteiger partial charge in [-0.05, 0) is 51.4 Å². The molecule has 0 amide bonds. The molecule has 5 heteroatoms. The number of nitrogens with one attached hydrogen (secondary N) is 1. The Bertz CT molecular complexity index is 320. The highest BCUT2D eigenvalue weighted by atomic mass is 19.4. The van der Waals surface area contributed by atoms with Crippen LogP contribution in [0.25, 0.3) is 0 Å². The molecule has 0 spiro atoms. The monoisotopic (exact) mass is 307 g/mol. The van der Waals surface area contributed by atoms with Gasteiger partial charge in [-0.3, -0.25) is 0 Å². The molecule has 1 unspecified atom stereocenters. The first kappa shape index (κ1) is 17.1. The number of hydrogen-bond acceptors (Lipinski definition) is 2. The van der Waals surface area contributed by atoms with E-state index in [2.05, 4.69) is 12.2 Å². The molecular formula is C16H28F3NO. The summed E-state index contributed by atoms with van der Waals surface area (Å²) < 4.78 is 44.1. The van der Waals surface area contributed by atoms with Gasteiger partial charge in [-0.2, -0.15) is 13.2 Å². The van der Waals surface area contributed by atoms with Crippen LogP contribution in [0.15, 0.2) is 0 Å². The van der Waals surface area contributed by atoms with Gasteiger partial charge in [-0.25, -0.2) is 0 Å². The maximum absolute atomic E-state index is 12.8. The molecule has 0 aromatic rings. The van der Waals surface area contributed by atoms with E-state index in [9.17, 15) is 13.2 Å². The summed E-state index contributed by atoms with van der Waals surface area (Å²) in [6.45, 7) is 3.87. The van der Waals surface area contributed by atoms with Crippen molar-refractivity contribution in [1.82, 2.24) is 5.32 Å². The molecule has 0 bridgehead atoms. The minimum atomic E-state index is -4.27. The lowest BCUT2D eigenvalue weighted by Gasteiger charge is -2.42. The van der Waals surface area contributed by atoms with Crippen LogP contribution in [-0.2, 0) is 4.74 Å². The van der Waals surface area contributed by atoms with Gasteiger partial charge in [0.25, 0.3) is 0 Å². The summed E-state index contributed by atoms with van der Waals surface area (Å²) in [5, 5.41) is 3.38. The van der Waals surface area contributed by atoms with Crippen molar-refractivity contribution in [2.24, 2.45) is 5.92 Å². The Morgan fingerprint density at radius 1 is 1.19 bits per heavy atom. The third-order valence-corrected chi connectivity index (χ3v) is 4.89. The van der Waals surface area contributed by atoms with E-state index >= 15 is 0 Å². The van der Waals surface area contributed by atoms with Crippen molar-refractivity contribution in [3.63, 3.8) is 0 Å². The molecule has 0 heterocycles. The Labute approximate surface area is 125 Å². The SMILES string of the molecule is CCCC1CCC(CNC2CC2)(OC(C)C(F)(F)F)CC1. The van der Waals surface area contributed by atoms with Crippen LogP contribution in [0.5, 0.6) is 0 Å². The highest BCUT2D eigenvalue weighted by Crippen LogP contribution is 2.39. The van der Waals surface area contributed by atoms with Crippen LogP contribution in [0, 0.1) is 5.92 Å². The normalized spacial score (nSPS) is 32.1. The van der Waals surface area contributed by atoms with E-state index in [1.807, 2.05) is 0 Å². The van der Waals surface area contributed by atoms with Crippen LogP contribution in [0.1, 0.15) is 65.2 Å². The van der Waals surface area contributed by atoms with Crippen molar-refractivity contribution in [3.8, 4) is 0 Å². The predicted molar refractivity (Wildman–Crippen MR) is 77.2 cm³/mol. The molecular weight excluding hydrogens is 279 g/mol. The number of rotatable bonds is 7. The minimum absolute atomic E-state index is 0.500. The van der Waals surface area contributed by atoms with Crippen LogP contribution in [0.3, 0.4) is 0 Å². The molecule has 1 atom stereocenters. The predicted octanol–water partition coefficient (Wildman–Crippen LogP) is 4.43. The number of halogens is 3. The third kappa shape index (κ3) is 5.13. The van der Waals surface area contributed by atoms with Crippen molar-refractivity contribution >= 4 is 0 Å². The van der Waals surface area contributed by atoms with Crippen LogP contribution >= 0.6 is 0 Å². The van der Waals surface area contributed by atoms with E-state index in [1.165, 1.54) is 6.42 Å². The van der Waals surface area contributed by atoms with Crippen LogP contribution in [0.2, 0.25) is 0 Å². The summed E-state index contributed by atoms with van der Waals surface area (Å²) in [5.41, 5.74) is -0.623. The number of ether oxygens (including phenoxy) is 1. The van der Waals surface area contributed by atoms with E-state index in [0.29, 0.717) is 18.5 Å². The number of hydrogen-bond donors (Lipinski definition) is 1. The van der Waals surface area contributed by atoms with Crippen molar-refractivity contribution in [2.75, 3.05) is 6.54 Å². The summed E-state index contributed by atoms with van der Waals surface area (Å²) in [4.78, 5) is 0. The van der Waals surface area contributed by atoms with E-state index < -0.39 is 17.9 Å².